The second-order valence-electron chi connectivity index (χ2n) is 3.46. The van der Waals surface area contributed by atoms with Crippen LogP contribution in [-0.2, 0) is 6.42 Å². The lowest BCUT2D eigenvalue weighted by Crippen LogP contribution is -2.18. The molecule has 7 heteroatoms. The molecule has 1 rings (SSSR count). The highest BCUT2D eigenvalue weighted by molar-refractivity contribution is 9.09. The number of alkyl halides is 6. The van der Waals surface area contributed by atoms with Gasteiger partial charge in [-0.05, 0) is 18.9 Å². The first-order valence-corrected chi connectivity index (χ1v) is 6.19. The van der Waals surface area contributed by atoms with Gasteiger partial charge in [-0.15, -0.1) is 13.2 Å². The molecular formula is C11H10BrF5O. The second kappa shape index (κ2) is 6.36. The van der Waals surface area contributed by atoms with E-state index in [-0.39, 0.29) is 12.0 Å². The highest BCUT2D eigenvalue weighted by Gasteiger charge is 2.32. The van der Waals surface area contributed by atoms with E-state index in [1.54, 1.807) is 0 Å². The number of ether oxygens (including phenoxy) is 1. The summed E-state index contributed by atoms with van der Waals surface area (Å²) in [7, 11) is 0. The van der Waals surface area contributed by atoms with Crippen LogP contribution in [0.15, 0.2) is 18.2 Å². The molecule has 102 valence electrons. The fourth-order valence-corrected chi connectivity index (χ4v) is 1.80. The minimum atomic E-state index is -4.89. The molecule has 0 saturated heterocycles. The van der Waals surface area contributed by atoms with Crippen LogP contribution >= 0.6 is 15.9 Å². The summed E-state index contributed by atoms with van der Waals surface area (Å²) in [4.78, 5) is 0. The molecule has 0 bridgehead atoms. The lowest BCUT2D eigenvalue weighted by atomic mass is 10.0. The van der Waals surface area contributed by atoms with Gasteiger partial charge < -0.3 is 4.74 Å². The average Bonchev–Trinajstić information content (AvgIpc) is 2.24. The number of halogens is 6. The first kappa shape index (κ1) is 15.2. The van der Waals surface area contributed by atoms with Crippen molar-refractivity contribution in [3.8, 4) is 5.75 Å². The van der Waals surface area contributed by atoms with Crippen LogP contribution in [0.4, 0.5) is 22.0 Å². The van der Waals surface area contributed by atoms with E-state index in [2.05, 4.69) is 20.7 Å². The quantitative estimate of drug-likeness (QED) is 0.553. The van der Waals surface area contributed by atoms with Gasteiger partial charge >= 0.3 is 6.36 Å². The molecule has 0 aliphatic heterocycles. The topological polar surface area (TPSA) is 9.23 Å². The van der Waals surface area contributed by atoms with Gasteiger partial charge in [-0.3, -0.25) is 0 Å². The predicted molar refractivity (Wildman–Crippen MR) is 60.2 cm³/mol. The molecule has 18 heavy (non-hydrogen) atoms. The SMILES string of the molecule is FC(F)c1cccc(OC(F)(F)F)c1CCCBr. The van der Waals surface area contributed by atoms with E-state index in [0.717, 1.165) is 18.2 Å². The molecule has 0 aliphatic rings. The van der Waals surface area contributed by atoms with E-state index in [1.807, 2.05) is 0 Å². The van der Waals surface area contributed by atoms with Crippen LogP contribution < -0.4 is 4.74 Å². The van der Waals surface area contributed by atoms with Gasteiger partial charge in [0.1, 0.15) is 5.75 Å². The zero-order valence-electron chi connectivity index (χ0n) is 9.11. The van der Waals surface area contributed by atoms with Gasteiger partial charge in [0.2, 0.25) is 0 Å². The molecule has 0 aliphatic carbocycles. The summed E-state index contributed by atoms with van der Waals surface area (Å²) >= 11 is 3.10. The Kier molecular flexibility index (Phi) is 5.37. The lowest BCUT2D eigenvalue weighted by molar-refractivity contribution is -0.275. The highest BCUT2D eigenvalue weighted by atomic mass is 79.9. The third kappa shape index (κ3) is 4.44. The van der Waals surface area contributed by atoms with Gasteiger partial charge in [-0.25, -0.2) is 8.78 Å². The van der Waals surface area contributed by atoms with Crippen molar-refractivity contribution >= 4 is 15.9 Å². The summed E-state index contributed by atoms with van der Waals surface area (Å²) in [6.07, 6.45) is -7.17. The Hall–Kier alpha value is -0.850. The maximum atomic E-state index is 12.7. The molecule has 0 amide bonds. The Morgan fingerprint density at radius 1 is 1.22 bits per heavy atom. The largest absolute Gasteiger partial charge is 0.573 e. The number of rotatable bonds is 5. The summed E-state index contributed by atoms with van der Waals surface area (Å²) < 4.78 is 65.7. The molecule has 0 saturated carbocycles. The van der Waals surface area contributed by atoms with Crippen LogP contribution in [0, 0.1) is 0 Å². The summed E-state index contributed by atoms with van der Waals surface area (Å²) in [5.74, 6) is -0.554. The summed E-state index contributed by atoms with van der Waals surface area (Å²) in [6.45, 7) is 0. The Morgan fingerprint density at radius 2 is 1.89 bits per heavy atom. The van der Waals surface area contributed by atoms with E-state index >= 15 is 0 Å². The van der Waals surface area contributed by atoms with Crippen molar-refractivity contribution in [2.45, 2.75) is 25.6 Å². The molecule has 0 fully saturated rings. The summed E-state index contributed by atoms with van der Waals surface area (Å²) in [5, 5.41) is 0.510. The molecular weight excluding hydrogens is 323 g/mol. The van der Waals surface area contributed by atoms with Crippen molar-refractivity contribution in [3.05, 3.63) is 29.3 Å². The predicted octanol–water partition coefficient (Wildman–Crippen LogP) is 4.85. The van der Waals surface area contributed by atoms with Crippen LogP contribution in [-0.4, -0.2) is 11.7 Å². The zero-order chi connectivity index (χ0) is 13.8. The monoisotopic (exact) mass is 332 g/mol. The van der Waals surface area contributed by atoms with Crippen molar-refractivity contribution < 1.29 is 26.7 Å². The summed E-state index contributed by atoms with van der Waals surface area (Å²) in [6, 6.07) is 3.28. The van der Waals surface area contributed by atoms with Gasteiger partial charge in [0.15, 0.2) is 0 Å². The Labute approximate surface area is 109 Å². The molecule has 1 aromatic carbocycles. The standard InChI is InChI=1S/C11H10BrF5O/c12-6-2-4-7-8(10(13)14)3-1-5-9(7)18-11(15,16)17/h1,3,5,10H,2,4,6H2. The molecule has 0 radical (unpaired) electrons. The van der Waals surface area contributed by atoms with Crippen molar-refractivity contribution in [3.63, 3.8) is 0 Å². The molecule has 0 unspecified atom stereocenters. The van der Waals surface area contributed by atoms with Gasteiger partial charge in [0.05, 0.1) is 0 Å². The van der Waals surface area contributed by atoms with Gasteiger partial charge in [0.25, 0.3) is 6.43 Å². The van der Waals surface area contributed by atoms with Crippen molar-refractivity contribution in [2.24, 2.45) is 0 Å². The number of benzene rings is 1. The normalized spacial score (nSPS) is 11.9. The average molecular weight is 333 g/mol. The molecule has 0 heterocycles. The van der Waals surface area contributed by atoms with E-state index in [0.29, 0.717) is 11.8 Å². The van der Waals surface area contributed by atoms with Crippen LogP contribution in [0.3, 0.4) is 0 Å². The van der Waals surface area contributed by atoms with E-state index in [1.165, 1.54) is 0 Å². The molecule has 0 spiro atoms. The third-order valence-electron chi connectivity index (χ3n) is 2.19. The van der Waals surface area contributed by atoms with E-state index in [4.69, 9.17) is 0 Å². The van der Waals surface area contributed by atoms with Crippen LogP contribution in [0.2, 0.25) is 0 Å². The van der Waals surface area contributed by atoms with Gasteiger partial charge in [-0.1, -0.05) is 28.1 Å². The minimum absolute atomic E-state index is 0.0933. The molecule has 0 aromatic heterocycles. The van der Waals surface area contributed by atoms with Crippen LogP contribution in [0.1, 0.15) is 24.0 Å². The maximum Gasteiger partial charge on any atom is 0.573 e. The highest BCUT2D eigenvalue weighted by Crippen LogP contribution is 2.34. The molecule has 0 N–H and O–H groups in total. The lowest BCUT2D eigenvalue weighted by Gasteiger charge is -2.16. The Balaban J connectivity index is 3.11. The fourth-order valence-electron chi connectivity index (χ4n) is 1.52. The van der Waals surface area contributed by atoms with E-state index < -0.39 is 24.1 Å². The Morgan fingerprint density at radius 3 is 2.39 bits per heavy atom. The van der Waals surface area contributed by atoms with Gasteiger partial charge in [0, 0.05) is 16.5 Å². The van der Waals surface area contributed by atoms with Crippen molar-refractivity contribution in [1.82, 2.24) is 0 Å². The second-order valence-corrected chi connectivity index (χ2v) is 4.26. The number of hydrogen-bond donors (Lipinski definition) is 0. The first-order valence-electron chi connectivity index (χ1n) is 5.07. The smallest absolute Gasteiger partial charge is 0.405 e. The minimum Gasteiger partial charge on any atom is -0.405 e. The fraction of sp³-hybridized carbons (Fsp3) is 0.455. The van der Waals surface area contributed by atoms with Gasteiger partial charge in [-0.2, -0.15) is 0 Å². The summed E-state index contributed by atoms with van der Waals surface area (Å²) in [5.41, 5.74) is -0.512. The van der Waals surface area contributed by atoms with E-state index in [9.17, 15) is 22.0 Å². The zero-order valence-corrected chi connectivity index (χ0v) is 10.7. The third-order valence-corrected chi connectivity index (χ3v) is 2.75. The molecule has 0 atom stereocenters. The van der Waals surface area contributed by atoms with Crippen molar-refractivity contribution in [2.75, 3.05) is 5.33 Å². The first-order chi connectivity index (χ1) is 8.35. The number of hydrogen-bond acceptors (Lipinski definition) is 1. The molecule has 1 aromatic rings. The van der Waals surface area contributed by atoms with Crippen LogP contribution in [0.25, 0.3) is 0 Å². The van der Waals surface area contributed by atoms with Crippen molar-refractivity contribution in [1.29, 1.82) is 0 Å². The maximum absolute atomic E-state index is 12.7. The Bertz CT molecular complexity index is 392. The van der Waals surface area contributed by atoms with Crippen LogP contribution in [0.5, 0.6) is 5.75 Å². The molecule has 1 nitrogen and oxygen atoms in total.